The van der Waals surface area contributed by atoms with Gasteiger partial charge in [0.2, 0.25) is 11.8 Å². The van der Waals surface area contributed by atoms with Crippen LogP contribution in [0.1, 0.15) is 30.9 Å². The number of carbonyl (C=O) groups excluding carboxylic acids is 2. The molecule has 6 heteroatoms. The molecule has 2 aromatic carbocycles. The second-order valence-corrected chi connectivity index (χ2v) is 7.82. The Morgan fingerprint density at radius 1 is 1.17 bits per heavy atom. The van der Waals surface area contributed by atoms with E-state index >= 15 is 0 Å². The molecule has 0 radical (unpaired) electrons. The second-order valence-electron chi connectivity index (χ2n) is 7.82. The Hall–Kier alpha value is -2.89. The second kappa shape index (κ2) is 9.07. The lowest BCUT2D eigenvalue weighted by atomic mass is 9.80. The molecule has 2 aromatic rings. The number of rotatable bonds is 6. The predicted octanol–water partition coefficient (Wildman–Crippen LogP) is 3.32. The number of piperidine rings is 1. The quantitative estimate of drug-likeness (QED) is 0.812. The van der Waals surface area contributed by atoms with Gasteiger partial charge < -0.3 is 15.0 Å². The molecular weight excluding hydrogens is 371 g/mol. The van der Waals surface area contributed by atoms with Crippen LogP contribution in [0.15, 0.2) is 48.5 Å². The summed E-state index contributed by atoms with van der Waals surface area (Å²) in [5.74, 6) is 0.334. The highest BCUT2D eigenvalue weighted by atomic mass is 19.1. The average molecular weight is 398 g/mol. The number of likely N-dealkylation sites (tertiary alicyclic amines) is 1. The monoisotopic (exact) mass is 398 g/mol. The Morgan fingerprint density at radius 3 is 2.66 bits per heavy atom. The molecule has 0 saturated carbocycles. The Balaban J connectivity index is 1.59. The summed E-state index contributed by atoms with van der Waals surface area (Å²) in [6.45, 7) is 3.34. The van der Waals surface area contributed by atoms with E-state index in [1.54, 1.807) is 24.1 Å². The third-order valence-corrected chi connectivity index (χ3v) is 5.45. The number of nitrogens with one attached hydrogen (secondary N) is 1. The van der Waals surface area contributed by atoms with E-state index in [9.17, 15) is 14.0 Å². The zero-order chi connectivity index (χ0) is 20.9. The van der Waals surface area contributed by atoms with Crippen molar-refractivity contribution in [3.8, 4) is 5.75 Å². The molecule has 1 N–H and O–H groups in total. The van der Waals surface area contributed by atoms with E-state index in [-0.39, 0.29) is 24.1 Å². The van der Waals surface area contributed by atoms with E-state index in [0.717, 1.165) is 29.7 Å². The third-order valence-electron chi connectivity index (χ3n) is 5.45. The van der Waals surface area contributed by atoms with E-state index in [1.807, 2.05) is 31.2 Å². The molecule has 0 aliphatic carbocycles. The van der Waals surface area contributed by atoms with Gasteiger partial charge in [0.1, 0.15) is 11.6 Å². The van der Waals surface area contributed by atoms with Crippen molar-refractivity contribution in [2.24, 2.45) is 5.41 Å². The SMILES string of the molecule is COc1cccc(CNC(=O)[C@@]2(C)CCCN(C(=O)Cc3ccc(F)cc3)C2)c1. The predicted molar refractivity (Wildman–Crippen MR) is 109 cm³/mol. The topological polar surface area (TPSA) is 58.6 Å². The first-order chi connectivity index (χ1) is 13.9. The number of hydrogen-bond acceptors (Lipinski definition) is 3. The van der Waals surface area contributed by atoms with Crippen LogP contribution in [0.3, 0.4) is 0 Å². The van der Waals surface area contributed by atoms with Crippen molar-refractivity contribution in [2.45, 2.75) is 32.7 Å². The Bertz CT molecular complexity index is 869. The van der Waals surface area contributed by atoms with Crippen molar-refractivity contribution in [3.63, 3.8) is 0 Å². The van der Waals surface area contributed by atoms with Crippen LogP contribution in [0, 0.1) is 11.2 Å². The Labute approximate surface area is 170 Å². The molecule has 154 valence electrons. The molecule has 29 heavy (non-hydrogen) atoms. The van der Waals surface area contributed by atoms with Gasteiger partial charge in [0.15, 0.2) is 0 Å². The van der Waals surface area contributed by atoms with Gasteiger partial charge in [0.25, 0.3) is 0 Å². The molecule has 0 unspecified atom stereocenters. The van der Waals surface area contributed by atoms with Gasteiger partial charge in [-0.05, 0) is 55.2 Å². The van der Waals surface area contributed by atoms with Crippen molar-refractivity contribution < 1.29 is 18.7 Å². The van der Waals surface area contributed by atoms with E-state index < -0.39 is 5.41 Å². The molecule has 5 nitrogen and oxygen atoms in total. The van der Waals surface area contributed by atoms with E-state index in [4.69, 9.17) is 4.74 Å². The largest absolute Gasteiger partial charge is 0.497 e. The minimum absolute atomic E-state index is 0.0388. The smallest absolute Gasteiger partial charge is 0.227 e. The van der Waals surface area contributed by atoms with Gasteiger partial charge in [-0.15, -0.1) is 0 Å². The zero-order valence-electron chi connectivity index (χ0n) is 16.9. The van der Waals surface area contributed by atoms with Crippen LogP contribution in [0.25, 0.3) is 0 Å². The fourth-order valence-corrected chi connectivity index (χ4v) is 3.70. The maximum atomic E-state index is 13.1. The molecule has 1 fully saturated rings. The number of hydrogen-bond donors (Lipinski definition) is 1. The van der Waals surface area contributed by atoms with Crippen LogP contribution >= 0.6 is 0 Å². The molecule has 3 rings (SSSR count). The number of methoxy groups -OCH3 is 1. The van der Waals surface area contributed by atoms with Gasteiger partial charge in [-0.25, -0.2) is 4.39 Å². The van der Waals surface area contributed by atoms with Crippen molar-refractivity contribution in [1.82, 2.24) is 10.2 Å². The molecular formula is C23H27FN2O3. The summed E-state index contributed by atoms with van der Waals surface area (Å²) in [4.78, 5) is 27.3. The minimum atomic E-state index is -0.629. The number of amides is 2. The summed E-state index contributed by atoms with van der Waals surface area (Å²) in [7, 11) is 1.61. The average Bonchev–Trinajstić information content (AvgIpc) is 2.73. The molecule has 0 spiro atoms. The molecule has 1 heterocycles. The first-order valence-electron chi connectivity index (χ1n) is 9.83. The first kappa shape index (κ1) is 20.8. The number of ether oxygens (including phenoxy) is 1. The molecule has 0 aromatic heterocycles. The number of halogens is 1. The summed E-state index contributed by atoms with van der Waals surface area (Å²) < 4.78 is 18.3. The lowest BCUT2D eigenvalue weighted by Crippen LogP contribution is -2.52. The molecule has 0 bridgehead atoms. The van der Waals surface area contributed by atoms with Crippen LogP contribution in [0.4, 0.5) is 4.39 Å². The van der Waals surface area contributed by atoms with Crippen molar-refractivity contribution in [3.05, 3.63) is 65.5 Å². The third kappa shape index (κ3) is 5.34. The summed E-state index contributed by atoms with van der Waals surface area (Å²) in [5, 5.41) is 3.00. The van der Waals surface area contributed by atoms with Gasteiger partial charge in [-0.3, -0.25) is 9.59 Å². The van der Waals surface area contributed by atoms with Gasteiger partial charge in [-0.2, -0.15) is 0 Å². The van der Waals surface area contributed by atoms with Crippen molar-refractivity contribution in [1.29, 1.82) is 0 Å². The first-order valence-corrected chi connectivity index (χ1v) is 9.83. The summed E-state index contributed by atoms with van der Waals surface area (Å²) in [6, 6.07) is 13.5. The molecule has 1 saturated heterocycles. The van der Waals surface area contributed by atoms with E-state index in [1.165, 1.54) is 12.1 Å². The Kier molecular flexibility index (Phi) is 6.52. The highest BCUT2D eigenvalue weighted by Gasteiger charge is 2.39. The summed E-state index contributed by atoms with van der Waals surface area (Å²) in [6.07, 6.45) is 1.72. The van der Waals surface area contributed by atoms with E-state index in [2.05, 4.69) is 5.32 Å². The zero-order valence-corrected chi connectivity index (χ0v) is 16.9. The maximum Gasteiger partial charge on any atom is 0.227 e. The normalized spacial score (nSPS) is 18.9. The van der Waals surface area contributed by atoms with Gasteiger partial charge >= 0.3 is 0 Å². The summed E-state index contributed by atoms with van der Waals surface area (Å²) >= 11 is 0. The standard InChI is InChI=1S/C23H27FN2O3/c1-23(22(28)25-15-18-5-3-6-20(13-18)29-2)11-4-12-26(16-23)21(27)14-17-7-9-19(24)10-8-17/h3,5-10,13H,4,11-12,14-16H2,1-2H3,(H,25,28)/t23-/m0/s1. The fraction of sp³-hybridized carbons (Fsp3) is 0.391. The van der Waals surface area contributed by atoms with Gasteiger partial charge in [-0.1, -0.05) is 24.3 Å². The number of carbonyl (C=O) groups is 2. The van der Waals surface area contributed by atoms with Crippen LogP contribution < -0.4 is 10.1 Å². The molecule has 2 amide bonds. The van der Waals surface area contributed by atoms with E-state index in [0.29, 0.717) is 19.6 Å². The molecule has 1 atom stereocenters. The van der Waals surface area contributed by atoms with Crippen LogP contribution in [0.5, 0.6) is 5.75 Å². The van der Waals surface area contributed by atoms with Gasteiger partial charge in [0.05, 0.1) is 18.9 Å². The summed E-state index contributed by atoms with van der Waals surface area (Å²) in [5.41, 5.74) is 1.10. The highest BCUT2D eigenvalue weighted by Crippen LogP contribution is 2.30. The lowest BCUT2D eigenvalue weighted by Gasteiger charge is -2.39. The molecule has 1 aliphatic rings. The van der Waals surface area contributed by atoms with Crippen molar-refractivity contribution >= 4 is 11.8 Å². The van der Waals surface area contributed by atoms with Crippen molar-refractivity contribution in [2.75, 3.05) is 20.2 Å². The minimum Gasteiger partial charge on any atom is -0.497 e. The van der Waals surface area contributed by atoms with Crippen LogP contribution in [0.2, 0.25) is 0 Å². The fourth-order valence-electron chi connectivity index (χ4n) is 3.70. The Morgan fingerprint density at radius 2 is 1.93 bits per heavy atom. The number of nitrogens with zero attached hydrogens (tertiary/aromatic N) is 1. The maximum absolute atomic E-state index is 13.1. The lowest BCUT2D eigenvalue weighted by molar-refractivity contribution is -0.140. The number of benzene rings is 2. The van der Waals surface area contributed by atoms with Crippen LogP contribution in [-0.2, 0) is 22.6 Å². The molecule has 1 aliphatic heterocycles. The van der Waals surface area contributed by atoms with Gasteiger partial charge in [0, 0.05) is 19.6 Å². The van der Waals surface area contributed by atoms with Crippen LogP contribution in [-0.4, -0.2) is 36.9 Å². The highest BCUT2D eigenvalue weighted by molar-refractivity contribution is 5.84.